The van der Waals surface area contributed by atoms with Crippen molar-refractivity contribution in [2.45, 2.75) is 198 Å². The van der Waals surface area contributed by atoms with Crippen LogP contribution < -0.4 is 0 Å². The van der Waals surface area contributed by atoms with Crippen LogP contribution in [0.3, 0.4) is 0 Å². The lowest BCUT2D eigenvalue weighted by molar-refractivity contribution is -0.374. The van der Waals surface area contributed by atoms with Crippen LogP contribution in [0.25, 0.3) is 0 Å². The zero-order chi connectivity index (χ0) is 54.8. The van der Waals surface area contributed by atoms with Crippen molar-refractivity contribution in [2.75, 3.05) is 6.61 Å². The number of aliphatic hydroxyl groups excluding tert-OH is 1. The zero-order valence-electron chi connectivity index (χ0n) is 39.7. The smallest absolute Gasteiger partial charge is 0.426 e. The van der Waals surface area contributed by atoms with Crippen LogP contribution in [-0.4, -0.2) is 106 Å². The van der Waals surface area contributed by atoms with Gasteiger partial charge in [0.05, 0.1) is 23.5 Å². The normalized spacial score (nSPS) is 28.3. The fraction of sp³-hybridized carbons (Fsp3) is 0.955. The maximum absolute atomic E-state index is 13.3. The molecule has 0 radical (unpaired) electrons. The van der Waals surface area contributed by atoms with Crippen LogP contribution in [0.5, 0.6) is 0 Å². The van der Waals surface area contributed by atoms with Crippen molar-refractivity contribution in [3.05, 3.63) is 0 Å². The van der Waals surface area contributed by atoms with Gasteiger partial charge in [-0.2, -0.15) is 79.0 Å². The van der Waals surface area contributed by atoms with Gasteiger partial charge < -0.3 is 29.5 Å². The number of ether oxygens (including phenoxy) is 3. The summed E-state index contributed by atoms with van der Waals surface area (Å²) in [5.41, 5.74) is -15.6. The van der Waals surface area contributed by atoms with Crippen molar-refractivity contribution >= 4 is 11.9 Å². The second kappa shape index (κ2) is 20.0. The maximum atomic E-state index is 13.3. The number of rotatable bonds is 16. The Hall–Kier alpha value is -2.48. The number of hydrogen-bond acceptors (Lipinski definition) is 8. The fourth-order valence-corrected chi connectivity index (χ4v) is 11.0. The molecule has 4 aliphatic rings. The average Bonchev–Trinajstić information content (AvgIpc) is 3.96. The van der Waals surface area contributed by atoms with Crippen molar-refractivity contribution in [2.24, 2.45) is 58.2 Å². The van der Waals surface area contributed by atoms with Gasteiger partial charge in [-0.3, -0.25) is 9.59 Å². The Morgan fingerprint density at radius 3 is 1.11 bits per heavy atom. The lowest BCUT2D eigenvalue weighted by Gasteiger charge is -2.44. The summed E-state index contributed by atoms with van der Waals surface area (Å²) in [7, 11) is 0. The Kier molecular flexibility index (Phi) is 17.7. The first-order valence-electron chi connectivity index (χ1n) is 22.6. The fourth-order valence-electron chi connectivity index (χ4n) is 11.0. The first kappa shape index (κ1) is 61.8. The summed E-state index contributed by atoms with van der Waals surface area (Å²) in [6, 6.07) is 0. The number of carbonyl (C=O) groups is 2. The van der Waals surface area contributed by atoms with Gasteiger partial charge in [0.15, 0.2) is 0 Å². The second-order valence-corrected chi connectivity index (χ2v) is 21.4. The number of carbonyl (C=O) groups excluding carboxylic acids is 2. The number of halogens is 18. The highest BCUT2D eigenvalue weighted by Gasteiger charge is 2.73. The lowest BCUT2D eigenvalue weighted by atomic mass is 9.69. The third-order valence-corrected chi connectivity index (χ3v) is 15.9. The molecule has 0 aromatic heterocycles. The quantitative estimate of drug-likeness (QED) is 0.103. The Bertz CT molecular complexity index is 1760. The first-order chi connectivity index (χ1) is 31.0. The molecule has 26 heteroatoms. The van der Waals surface area contributed by atoms with Crippen LogP contribution in [0.1, 0.15) is 127 Å². The minimum absolute atomic E-state index is 0.0313. The van der Waals surface area contributed by atoms with Crippen LogP contribution >= 0.6 is 0 Å². The number of aliphatic hydroxyl groups is 3. The van der Waals surface area contributed by atoms with E-state index in [2.05, 4.69) is 4.74 Å². The zero-order valence-corrected chi connectivity index (χ0v) is 39.7. The Labute approximate surface area is 392 Å². The van der Waals surface area contributed by atoms with Gasteiger partial charge in [0.2, 0.25) is 6.10 Å². The molecule has 70 heavy (non-hydrogen) atoms. The molecule has 412 valence electrons. The highest BCUT2D eigenvalue weighted by atomic mass is 19.4. The molecule has 0 aromatic rings. The standard InChI is InChI=1S/C23H30F12O4.C21H32F6O4/c1-5-18(4,10-38-15(20(24,25)26)21(27,28)29)16(36)39-17(2,3)14-8-11-6-12(13(14)7-11)9-19(37,22(30,31)32)23(33,34)35;1-6-18(5,11(2)28)16(29)31-17(3,4)15-9-12-7-13(14(15)8-12)10-19(30,20(22,23)24)21(25,26)27/h11-15,37H,5-10H2,1-4H3;11-15,28,30H,6-10H2,1-5H3. The first-order valence-corrected chi connectivity index (χ1v) is 22.6. The maximum Gasteiger partial charge on any atom is 0.426 e. The number of hydrogen-bond donors (Lipinski definition) is 3. The minimum Gasteiger partial charge on any atom is -0.459 e. The second-order valence-electron chi connectivity index (χ2n) is 21.4. The van der Waals surface area contributed by atoms with Gasteiger partial charge in [-0.05, 0) is 148 Å². The highest BCUT2D eigenvalue weighted by Crippen LogP contribution is 2.62. The van der Waals surface area contributed by atoms with Crippen LogP contribution in [0.2, 0.25) is 0 Å². The van der Waals surface area contributed by atoms with Crippen LogP contribution in [0.4, 0.5) is 79.0 Å². The highest BCUT2D eigenvalue weighted by molar-refractivity contribution is 5.77. The van der Waals surface area contributed by atoms with E-state index >= 15 is 0 Å². The van der Waals surface area contributed by atoms with Crippen molar-refractivity contribution in [1.29, 1.82) is 0 Å². The molecular formula is C44H62F18O8. The van der Waals surface area contributed by atoms with E-state index in [-0.39, 0.29) is 43.9 Å². The summed E-state index contributed by atoms with van der Waals surface area (Å²) in [4.78, 5) is 25.7. The largest absolute Gasteiger partial charge is 0.459 e. The van der Waals surface area contributed by atoms with Crippen molar-refractivity contribution in [1.82, 2.24) is 0 Å². The molecule has 0 amide bonds. The van der Waals surface area contributed by atoms with Gasteiger partial charge in [0.25, 0.3) is 11.2 Å². The molecule has 0 spiro atoms. The Morgan fingerprint density at radius 2 is 0.857 bits per heavy atom. The molecule has 4 aliphatic carbocycles. The molecule has 3 N–H and O–H groups in total. The van der Waals surface area contributed by atoms with E-state index in [1.54, 1.807) is 27.7 Å². The van der Waals surface area contributed by atoms with E-state index < -0.39 is 149 Å². The van der Waals surface area contributed by atoms with Crippen LogP contribution in [0.15, 0.2) is 0 Å². The van der Waals surface area contributed by atoms with Gasteiger partial charge in [-0.25, -0.2) is 0 Å². The van der Waals surface area contributed by atoms with Crippen molar-refractivity contribution in [3.63, 3.8) is 0 Å². The molecule has 4 saturated carbocycles. The summed E-state index contributed by atoms with van der Waals surface area (Å²) >= 11 is 0. The van der Waals surface area contributed by atoms with Gasteiger partial charge in [-0.15, -0.1) is 0 Å². The number of esters is 2. The monoisotopic (exact) mass is 1060 g/mol. The van der Waals surface area contributed by atoms with Gasteiger partial charge in [0, 0.05) is 11.8 Å². The number of fused-ring (bicyclic) bond motifs is 4. The summed E-state index contributed by atoms with van der Waals surface area (Å²) in [5, 5.41) is 29.3. The van der Waals surface area contributed by atoms with Crippen LogP contribution in [-0.2, 0) is 23.8 Å². The van der Waals surface area contributed by atoms with E-state index in [0.717, 1.165) is 6.92 Å². The summed E-state index contributed by atoms with van der Waals surface area (Å²) in [6.45, 7) is 11.5. The summed E-state index contributed by atoms with van der Waals surface area (Å²) < 4.78 is 251. The topological polar surface area (TPSA) is 123 Å². The third-order valence-electron chi connectivity index (χ3n) is 15.9. The predicted molar refractivity (Wildman–Crippen MR) is 210 cm³/mol. The SMILES string of the molecule is CCC(C)(C(=O)OC(C)(C)C1CC2CC(CC(O)(C(F)(F)F)C(F)(F)F)C1C2)C(C)O.CCC(C)(COC(C(F)(F)F)C(F)(F)F)C(=O)OC(C)(C)C1CC2CC(CC(O)(C(F)(F)F)C(F)(F)F)C1C2. The summed E-state index contributed by atoms with van der Waals surface area (Å²) in [5.74, 6) is -7.12. The molecule has 4 fully saturated rings. The lowest BCUT2D eigenvalue weighted by Crippen LogP contribution is -2.58. The average molecular weight is 1060 g/mol. The molecule has 0 saturated heterocycles. The van der Waals surface area contributed by atoms with E-state index in [1.165, 1.54) is 27.7 Å². The molecule has 0 aromatic carbocycles. The Morgan fingerprint density at radius 1 is 0.529 bits per heavy atom. The molecular weight excluding hydrogens is 998 g/mol. The van der Waals surface area contributed by atoms with E-state index in [9.17, 15) is 104 Å². The third kappa shape index (κ3) is 12.5. The van der Waals surface area contributed by atoms with Gasteiger partial charge >= 0.3 is 49.0 Å². The van der Waals surface area contributed by atoms with Crippen LogP contribution in [0, 0.1) is 58.2 Å². The molecule has 4 bridgehead atoms. The van der Waals surface area contributed by atoms with Crippen molar-refractivity contribution in [3.8, 4) is 0 Å². The van der Waals surface area contributed by atoms with Crippen molar-refractivity contribution < 1.29 is 118 Å². The molecule has 8 nitrogen and oxygen atoms in total. The molecule has 11 atom stereocenters. The van der Waals surface area contributed by atoms with E-state index in [0.29, 0.717) is 19.3 Å². The Balaban J connectivity index is 0.000000380. The molecule has 11 unspecified atom stereocenters. The van der Waals surface area contributed by atoms with Gasteiger partial charge in [-0.1, -0.05) is 13.8 Å². The molecule has 0 heterocycles. The van der Waals surface area contributed by atoms with Gasteiger partial charge in [0.1, 0.15) is 11.2 Å². The number of alkyl halides is 18. The molecule has 4 rings (SSSR count). The predicted octanol–water partition coefficient (Wildman–Crippen LogP) is 12.2. The van der Waals surface area contributed by atoms with E-state index in [4.69, 9.17) is 9.47 Å². The molecule has 0 aliphatic heterocycles. The van der Waals surface area contributed by atoms with E-state index in [1.807, 2.05) is 0 Å². The minimum atomic E-state index is -6.00. The summed E-state index contributed by atoms with van der Waals surface area (Å²) in [6.07, 6.45) is -42.1.